The molecule has 0 aromatic heterocycles. The Morgan fingerprint density at radius 1 is 0.926 bits per heavy atom. The van der Waals surface area contributed by atoms with Crippen molar-refractivity contribution in [2.75, 3.05) is 6.61 Å². The van der Waals surface area contributed by atoms with E-state index in [2.05, 4.69) is 43.3 Å². The molecule has 1 heteroatoms. The van der Waals surface area contributed by atoms with Crippen LogP contribution in [0.2, 0.25) is 0 Å². The predicted molar refractivity (Wildman–Crippen MR) is 115 cm³/mol. The third-order valence-electron chi connectivity index (χ3n) is 7.19. The van der Waals surface area contributed by atoms with Crippen LogP contribution in [-0.2, 0) is 0 Å². The largest absolute Gasteiger partial charge is 0.490 e. The Morgan fingerprint density at radius 3 is 2.56 bits per heavy atom. The van der Waals surface area contributed by atoms with E-state index in [4.69, 9.17) is 4.74 Å². The minimum Gasteiger partial charge on any atom is -0.490 e. The third kappa shape index (κ3) is 4.23. The van der Waals surface area contributed by atoms with E-state index < -0.39 is 0 Å². The molecular weight excluding hydrogens is 328 g/mol. The van der Waals surface area contributed by atoms with Crippen molar-refractivity contribution in [3.8, 4) is 5.75 Å². The molecule has 0 bridgehead atoms. The molecule has 0 radical (unpaired) electrons. The van der Waals surface area contributed by atoms with E-state index in [-0.39, 0.29) is 0 Å². The smallest absolute Gasteiger partial charge is 0.120 e. The topological polar surface area (TPSA) is 9.23 Å². The fraction of sp³-hybridized carbons (Fsp3) is 0.538. The van der Waals surface area contributed by atoms with Gasteiger partial charge in [-0.05, 0) is 91.2 Å². The SMILES string of the molecule is C/C=C/COc1ccc2cc(C3CCC4CC(CC)CCC4C3)ccc2c1. The number of fused-ring (bicyclic) bond motifs is 2. The maximum absolute atomic E-state index is 5.79. The summed E-state index contributed by atoms with van der Waals surface area (Å²) < 4.78 is 5.79. The van der Waals surface area contributed by atoms with Gasteiger partial charge in [0.15, 0.2) is 0 Å². The van der Waals surface area contributed by atoms with E-state index in [1.165, 1.54) is 55.7 Å². The van der Waals surface area contributed by atoms with E-state index >= 15 is 0 Å². The highest BCUT2D eigenvalue weighted by Gasteiger charge is 2.35. The van der Waals surface area contributed by atoms with Crippen LogP contribution in [0.4, 0.5) is 0 Å². The van der Waals surface area contributed by atoms with Crippen LogP contribution in [-0.4, -0.2) is 6.61 Å². The average Bonchev–Trinajstić information content (AvgIpc) is 2.72. The van der Waals surface area contributed by atoms with Crippen LogP contribution in [0.15, 0.2) is 48.6 Å². The zero-order chi connectivity index (χ0) is 18.6. The number of hydrogen-bond acceptors (Lipinski definition) is 1. The van der Waals surface area contributed by atoms with Gasteiger partial charge in [-0.15, -0.1) is 0 Å². The van der Waals surface area contributed by atoms with Crippen molar-refractivity contribution in [1.29, 1.82) is 0 Å². The molecule has 144 valence electrons. The lowest BCUT2D eigenvalue weighted by Gasteiger charge is -2.42. The van der Waals surface area contributed by atoms with Gasteiger partial charge in [-0.2, -0.15) is 0 Å². The predicted octanol–water partition coefficient (Wildman–Crippen LogP) is 7.50. The van der Waals surface area contributed by atoms with Crippen molar-refractivity contribution < 1.29 is 4.74 Å². The fourth-order valence-electron chi connectivity index (χ4n) is 5.49. The molecule has 0 spiro atoms. The van der Waals surface area contributed by atoms with Crippen LogP contribution in [0.1, 0.15) is 70.3 Å². The summed E-state index contributed by atoms with van der Waals surface area (Å²) in [6.45, 7) is 5.04. The van der Waals surface area contributed by atoms with Crippen molar-refractivity contribution in [3.63, 3.8) is 0 Å². The minimum absolute atomic E-state index is 0.642. The molecule has 0 saturated heterocycles. The number of hydrogen-bond donors (Lipinski definition) is 0. The van der Waals surface area contributed by atoms with Crippen LogP contribution < -0.4 is 4.74 Å². The first-order valence-corrected chi connectivity index (χ1v) is 11.0. The zero-order valence-electron chi connectivity index (χ0n) is 17.0. The summed E-state index contributed by atoms with van der Waals surface area (Å²) in [6, 6.07) is 13.6. The van der Waals surface area contributed by atoms with Crippen molar-refractivity contribution in [2.45, 2.75) is 64.7 Å². The summed E-state index contributed by atoms with van der Waals surface area (Å²) in [4.78, 5) is 0. The van der Waals surface area contributed by atoms with Gasteiger partial charge in [-0.25, -0.2) is 0 Å². The van der Waals surface area contributed by atoms with E-state index in [1.54, 1.807) is 5.56 Å². The second kappa shape index (κ2) is 8.50. The van der Waals surface area contributed by atoms with Gasteiger partial charge in [0.05, 0.1) is 0 Å². The van der Waals surface area contributed by atoms with Crippen molar-refractivity contribution in [3.05, 3.63) is 54.1 Å². The average molecular weight is 363 g/mol. The van der Waals surface area contributed by atoms with Gasteiger partial charge in [-0.3, -0.25) is 0 Å². The monoisotopic (exact) mass is 362 g/mol. The molecule has 4 unspecified atom stereocenters. The van der Waals surface area contributed by atoms with E-state index in [1.807, 2.05) is 19.1 Å². The first-order valence-electron chi connectivity index (χ1n) is 11.0. The van der Waals surface area contributed by atoms with Gasteiger partial charge in [0, 0.05) is 0 Å². The van der Waals surface area contributed by atoms with Gasteiger partial charge in [-0.1, -0.05) is 56.2 Å². The van der Waals surface area contributed by atoms with Gasteiger partial charge < -0.3 is 4.74 Å². The molecule has 27 heavy (non-hydrogen) atoms. The Labute approximate surface area is 164 Å². The molecule has 4 rings (SSSR count). The Kier molecular flexibility index (Phi) is 5.86. The third-order valence-corrected chi connectivity index (χ3v) is 7.19. The number of allylic oxidation sites excluding steroid dienone is 1. The molecule has 2 aliphatic rings. The highest BCUT2D eigenvalue weighted by molar-refractivity contribution is 5.84. The molecule has 0 N–H and O–H groups in total. The molecule has 4 atom stereocenters. The zero-order valence-corrected chi connectivity index (χ0v) is 17.0. The van der Waals surface area contributed by atoms with Crippen LogP contribution in [0, 0.1) is 17.8 Å². The Bertz CT molecular complexity index is 790. The van der Waals surface area contributed by atoms with Gasteiger partial charge in [0.25, 0.3) is 0 Å². The molecular formula is C26H34O. The first kappa shape index (κ1) is 18.6. The maximum Gasteiger partial charge on any atom is 0.120 e. The van der Waals surface area contributed by atoms with Crippen LogP contribution >= 0.6 is 0 Å². The molecule has 2 saturated carbocycles. The summed E-state index contributed by atoms with van der Waals surface area (Å²) in [5, 5.41) is 2.64. The maximum atomic E-state index is 5.79. The molecule has 2 aliphatic carbocycles. The summed E-state index contributed by atoms with van der Waals surface area (Å²) in [5.74, 6) is 4.72. The van der Waals surface area contributed by atoms with Gasteiger partial charge in [0.2, 0.25) is 0 Å². The minimum atomic E-state index is 0.642. The quantitative estimate of drug-likeness (QED) is 0.500. The fourth-order valence-corrected chi connectivity index (χ4v) is 5.49. The van der Waals surface area contributed by atoms with Crippen LogP contribution in [0.3, 0.4) is 0 Å². The lowest BCUT2D eigenvalue weighted by Crippen LogP contribution is -2.30. The Hall–Kier alpha value is -1.76. The second-order valence-electron chi connectivity index (χ2n) is 8.77. The summed E-state index contributed by atoms with van der Waals surface area (Å²) in [7, 11) is 0. The summed E-state index contributed by atoms with van der Waals surface area (Å²) >= 11 is 0. The number of benzene rings is 2. The summed E-state index contributed by atoms with van der Waals surface area (Å²) in [6.07, 6.45) is 14.1. The highest BCUT2D eigenvalue weighted by atomic mass is 16.5. The van der Waals surface area contributed by atoms with E-state index in [9.17, 15) is 0 Å². The normalized spacial score (nSPS) is 28.4. The standard InChI is InChI=1S/C26H34O/c1-3-5-14-27-26-13-12-24-17-23(10-11-25(24)18-26)22-9-8-20-15-19(4-2)6-7-21(20)16-22/h3,5,10-13,17-22H,4,6-9,14-16H2,1-2H3/b5-3+. The molecule has 2 fully saturated rings. The van der Waals surface area contributed by atoms with Crippen molar-refractivity contribution >= 4 is 10.8 Å². The second-order valence-corrected chi connectivity index (χ2v) is 8.77. The van der Waals surface area contributed by atoms with Crippen molar-refractivity contribution in [2.24, 2.45) is 17.8 Å². The number of rotatable bonds is 5. The van der Waals surface area contributed by atoms with E-state index in [0.717, 1.165) is 29.4 Å². The lowest BCUT2D eigenvalue weighted by atomic mass is 9.63. The van der Waals surface area contributed by atoms with Crippen molar-refractivity contribution in [1.82, 2.24) is 0 Å². The Morgan fingerprint density at radius 2 is 1.70 bits per heavy atom. The summed E-state index contributed by atoms with van der Waals surface area (Å²) in [5.41, 5.74) is 1.56. The van der Waals surface area contributed by atoms with E-state index in [0.29, 0.717) is 6.61 Å². The van der Waals surface area contributed by atoms with Gasteiger partial charge in [0.1, 0.15) is 12.4 Å². The Balaban J connectivity index is 1.45. The molecule has 2 aromatic carbocycles. The molecule has 1 nitrogen and oxygen atoms in total. The number of ether oxygens (including phenoxy) is 1. The molecule has 0 amide bonds. The van der Waals surface area contributed by atoms with Crippen LogP contribution in [0.25, 0.3) is 10.8 Å². The molecule has 2 aromatic rings. The molecule has 0 aliphatic heterocycles. The first-order chi connectivity index (χ1) is 13.3. The van der Waals surface area contributed by atoms with Gasteiger partial charge >= 0.3 is 0 Å². The highest BCUT2D eigenvalue weighted by Crippen LogP contribution is 2.48. The lowest BCUT2D eigenvalue weighted by molar-refractivity contribution is 0.116. The van der Waals surface area contributed by atoms with Crippen LogP contribution in [0.5, 0.6) is 5.75 Å². The molecule has 0 heterocycles.